The number of benzene rings is 3. The summed E-state index contributed by atoms with van der Waals surface area (Å²) in [5.41, 5.74) is 4.36. The Morgan fingerprint density at radius 1 is 0.970 bits per heavy atom. The number of nitrogens with zero attached hydrogens (tertiary/aromatic N) is 1. The second-order valence-corrected chi connectivity index (χ2v) is 8.61. The molecule has 3 aromatic rings. The maximum Gasteiger partial charge on any atom is 0.255 e. The van der Waals surface area contributed by atoms with Crippen LogP contribution in [0.5, 0.6) is 0 Å². The van der Waals surface area contributed by atoms with Crippen LogP contribution in [0.2, 0.25) is 5.02 Å². The van der Waals surface area contributed by atoms with Crippen molar-refractivity contribution in [2.24, 2.45) is 5.92 Å². The van der Waals surface area contributed by atoms with Gasteiger partial charge in [0.05, 0.1) is 16.6 Å². The molecule has 0 spiro atoms. The van der Waals surface area contributed by atoms with E-state index in [9.17, 15) is 14.4 Å². The standard InChI is InChI=1S/C26H24ClN3O3/c1-16-10-11-22(17(2)12-16)29-25(32)18-6-5-7-20(13-18)28-26(33)19-14-24(31)30(15-19)23-9-4-3-8-21(23)27/h3-13,19H,14-15H2,1-2H3,(H,28,33)(H,29,32)/t19-/m1/s1. The van der Waals surface area contributed by atoms with E-state index >= 15 is 0 Å². The quantitative estimate of drug-likeness (QED) is 0.548. The van der Waals surface area contributed by atoms with E-state index in [-0.39, 0.29) is 30.7 Å². The lowest BCUT2D eigenvalue weighted by Crippen LogP contribution is -2.28. The summed E-state index contributed by atoms with van der Waals surface area (Å²) in [6.07, 6.45) is 0.101. The first kappa shape index (κ1) is 22.6. The highest BCUT2D eigenvalue weighted by Crippen LogP contribution is 2.31. The van der Waals surface area contributed by atoms with E-state index < -0.39 is 5.92 Å². The van der Waals surface area contributed by atoms with Gasteiger partial charge in [0.2, 0.25) is 11.8 Å². The molecule has 6 nitrogen and oxygen atoms in total. The average molecular weight is 462 g/mol. The maximum absolute atomic E-state index is 12.8. The van der Waals surface area contributed by atoms with Crippen molar-refractivity contribution in [3.05, 3.63) is 88.4 Å². The molecule has 1 aliphatic heterocycles. The third kappa shape index (κ3) is 5.07. The topological polar surface area (TPSA) is 78.5 Å². The molecule has 33 heavy (non-hydrogen) atoms. The molecule has 2 N–H and O–H groups in total. The van der Waals surface area contributed by atoms with Crippen molar-refractivity contribution in [1.29, 1.82) is 0 Å². The first-order valence-corrected chi connectivity index (χ1v) is 11.0. The van der Waals surface area contributed by atoms with E-state index in [4.69, 9.17) is 11.6 Å². The van der Waals surface area contributed by atoms with Crippen LogP contribution in [-0.2, 0) is 9.59 Å². The Morgan fingerprint density at radius 2 is 1.76 bits per heavy atom. The second kappa shape index (κ2) is 9.46. The van der Waals surface area contributed by atoms with Crippen molar-refractivity contribution < 1.29 is 14.4 Å². The molecule has 4 rings (SSSR count). The first-order chi connectivity index (χ1) is 15.8. The van der Waals surface area contributed by atoms with Gasteiger partial charge in [0.1, 0.15) is 0 Å². The summed E-state index contributed by atoms with van der Waals surface area (Å²) in [5.74, 6) is -1.20. The number of nitrogens with one attached hydrogen (secondary N) is 2. The molecule has 0 saturated carbocycles. The molecule has 1 heterocycles. The molecule has 0 aliphatic carbocycles. The van der Waals surface area contributed by atoms with Gasteiger partial charge in [0.15, 0.2) is 0 Å². The first-order valence-electron chi connectivity index (χ1n) is 10.7. The molecule has 0 radical (unpaired) electrons. The van der Waals surface area contributed by atoms with Gasteiger partial charge < -0.3 is 15.5 Å². The molecule has 168 valence electrons. The lowest BCUT2D eigenvalue weighted by atomic mass is 10.1. The number of carbonyl (C=O) groups is 3. The number of aryl methyl sites for hydroxylation is 2. The van der Waals surface area contributed by atoms with Gasteiger partial charge in [-0.05, 0) is 55.8 Å². The Bertz CT molecular complexity index is 1240. The highest BCUT2D eigenvalue weighted by atomic mass is 35.5. The summed E-state index contributed by atoms with van der Waals surface area (Å²) in [6.45, 7) is 4.19. The van der Waals surface area contributed by atoms with E-state index in [1.165, 1.54) is 0 Å². The van der Waals surface area contributed by atoms with Gasteiger partial charge in [-0.15, -0.1) is 0 Å². The number of rotatable bonds is 5. The van der Waals surface area contributed by atoms with Gasteiger partial charge in [-0.2, -0.15) is 0 Å². The molecule has 1 aliphatic rings. The van der Waals surface area contributed by atoms with Gasteiger partial charge in [0.25, 0.3) is 5.91 Å². The summed E-state index contributed by atoms with van der Waals surface area (Å²) in [4.78, 5) is 39.6. The zero-order valence-corrected chi connectivity index (χ0v) is 19.1. The van der Waals surface area contributed by atoms with Crippen LogP contribution in [0.15, 0.2) is 66.7 Å². The zero-order chi connectivity index (χ0) is 23.5. The summed E-state index contributed by atoms with van der Waals surface area (Å²) in [7, 11) is 0. The van der Waals surface area contributed by atoms with Crippen LogP contribution >= 0.6 is 11.6 Å². The fourth-order valence-corrected chi connectivity index (χ4v) is 4.16. The van der Waals surface area contributed by atoms with Crippen LogP contribution in [0.1, 0.15) is 27.9 Å². The largest absolute Gasteiger partial charge is 0.326 e. The van der Waals surface area contributed by atoms with E-state index in [2.05, 4.69) is 10.6 Å². The van der Waals surface area contributed by atoms with Crippen molar-refractivity contribution in [2.75, 3.05) is 22.1 Å². The van der Waals surface area contributed by atoms with Gasteiger partial charge in [-0.25, -0.2) is 0 Å². The molecule has 7 heteroatoms. The molecule has 1 fully saturated rings. The summed E-state index contributed by atoms with van der Waals surface area (Å²) < 4.78 is 0. The second-order valence-electron chi connectivity index (χ2n) is 8.20. The molecule has 0 aromatic heterocycles. The van der Waals surface area contributed by atoms with Gasteiger partial charge in [0, 0.05) is 29.9 Å². The van der Waals surface area contributed by atoms with Crippen molar-refractivity contribution in [2.45, 2.75) is 20.3 Å². The molecule has 0 bridgehead atoms. The fourth-order valence-electron chi connectivity index (χ4n) is 3.92. The van der Waals surface area contributed by atoms with Crippen LogP contribution in [-0.4, -0.2) is 24.3 Å². The van der Waals surface area contributed by atoms with Crippen LogP contribution in [0.3, 0.4) is 0 Å². The normalized spacial score (nSPS) is 15.4. The van der Waals surface area contributed by atoms with E-state index in [0.717, 1.165) is 16.8 Å². The third-order valence-corrected chi connectivity index (χ3v) is 5.98. The van der Waals surface area contributed by atoms with Crippen LogP contribution < -0.4 is 15.5 Å². The zero-order valence-electron chi connectivity index (χ0n) is 18.4. The minimum atomic E-state index is -0.513. The lowest BCUT2D eigenvalue weighted by Gasteiger charge is -2.18. The lowest BCUT2D eigenvalue weighted by molar-refractivity contribution is -0.122. The number of para-hydroxylation sites is 1. The molecular weight excluding hydrogens is 438 g/mol. The Morgan fingerprint density at radius 3 is 2.52 bits per heavy atom. The summed E-state index contributed by atoms with van der Waals surface area (Å²) in [6, 6.07) is 19.6. The molecule has 3 amide bonds. The number of amides is 3. The number of carbonyl (C=O) groups excluding carboxylic acids is 3. The average Bonchev–Trinajstić information content (AvgIpc) is 3.17. The molecule has 1 saturated heterocycles. The van der Waals surface area contributed by atoms with E-state index in [1.807, 2.05) is 32.0 Å². The summed E-state index contributed by atoms with van der Waals surface area (Å²) >= 11 is 6.22. The van der Waals surface area contributed by atoms with Gasteiger partial charge >= 0.3 is 0 Å². The highest BCUT2D eigenvalue weighted by molar-refractivity contribution is 6.34. The Kier molecular flexibility index (Phi) is 6.47. The minimum Gasteiger partial charge on any atom is -0.326 e. The number of hydrogen-bond acceptors (Lipinski definition) is 3. The Balaban J connectivity index is 1.43. The predicted molar refractivity (Wildman–Crippen MR) is 131 cm³/mol. The number of hydrogen-bond donors (Lipinski definition) is 2. The fraction of sp³-hybridized carbons (Fsp3) is 0.192. The van der Waals surface area contributed by atoms with E-state index in [1.54, 1.807) is 53.4 Å². The molecule has 0 unspecified atom stereocenters. The van der Waals surface area contributed by atoms with E-state index in [0.29, 0.717) is 22.0 Å². The van der Waals surface area contributed by atoms with Crippen LogP contribution in [0.4, 0.5) is 17.1 Å². The molecule has 3 aromatic carbocycles. The molecular formula is C26H24ClN3O3. The van der Waals surface area contributed by atoms with Crippen molar-refractivity contribution >= 4 is 46.4 Å². The van der Waals surface area contributed by atoms with Crippen LogP contribution in [0.25, 0.3) is 0 Å². The van der Waals surface area contributed by atoms with Gasteiger partial charge in [-0.1, -0.05) is 47.5 Å². The SMILES string of the molecule is Cc1ccc(NC(=O)c2cccc(NC(=O)[C@@H]3CC(=O)N(c4ccccc4Cl)C3)c2)c(C)c1. The van der Waals surface area contributed by atoms with Gasteiger partial charge in [-0.3, -0.25) is 14.4 Å². The highest BCUT2D eigenvalue weighted by Gasteiger charge is 2.35. The predicted octanol–water partition coefficient (Wildman–Crippen LogP) is 5.20. The number of anilines is 3. The summed E-state index contributed by atoms with van der Waals surface area (Å²) in [5, 5.41) is 6.21. The number of halogens is 1. The molecule has 1 atom stereocenters. The Hall–Kier alpha value is -3.64. The monoisotopic (exact) mass is 461 g/mol. The van der Waals surface area contributed by atoms with Crippen molar-refractivity contribution in [3.63, 3.8) is 0 Å². The maximum atomic E-state index is 12.8. The minimum absolute atomic E-state index is 0.101. The third-order valence-electron chi connectivity index (χ3n) is 5.66. The van der Waals surface area contributed by atoms with Crippen LogP contribution in [0, 0.1) is 19.8 Å². The Labute approximate surface area is 197 Å². The van der Waals surface area contributed by atoms with Crippen molar-refractivity contribution in [3.8, 4) is 0 Å². The smallest absolute Gasteiger partial charge is 0.255 e. The van der Waals surface area contributed by atoms with Crippen molar-refractivity contribution in [1.82, 2.24) is 0 Å².